The highest BCUT2D eigenvalue weighted by Gasteiger charge is 2.28. The Morgan fingerprint density at radius 2 is 2.45 bits per heavy atom. The number of ether oxygens (including phenoxy) is 1. The van der Waals surface area contributed by atoms with E-state index in [-0.39, 0.29) is 12.0 Å². The second-order valence-corrected chi connectivity index (χ2v) is 2.83. The quantitative estimate of drug-likeness (QED) is 0.581. The maximum absolute atomic E-state index is 11.0. The van der Waals surface area contributed by atoms with Crippen molar-refractivity contribution in [3.63, 3.8) is 0 Å². The highest BCUT2D eigenvalue weighted by atomic mass is 16.6. The van der Waals surface area contributed by atoms with Gasteiger partial charge in [-0.05, 0) is 12.3 Å². The summed E-state index contributed by atoms with van der Waals surface area (Å²) in [7, 11) is 1.41. The van der Waals surface area contributed by atoms with Gasteiger partial charge in [0.15, 0.2) is 0 Å². The van der Waals surface area contributed by atoms with Crippen LogP contribution in [0, 0.1) is 5.92 Å². The Bertz CT molecular complexity index is 149. The monoisotopic (exact) mass is 159 g/mol. The van der Waals surface area contributed by atoms with E-state index < -0.39 is 0 Å². The van der Waals surface area contributed by atoms with Crippen LogP contribution in [0.25, 0.3) is 0 Å². The SMILES string of the molecule is CONC(=O)[C@H]1CC(C)CO1. The Balaban J connectivity index is 2.31. The van der Waals surface area contributed by atoms with Crippen LogP contribution in [-0.2, 0) is 14.4 Å². The molecule has 4 heteroatoms. The van der Waals surface area contributed by atoms with Crippen LogP contribution in [0.15, 0.2) is 0 Å². The summed E-state index contributed by atoms with van der Waals surface area (Å²) in [6.07, 6.45) is 0.472. The molecule has 0 aromatic rings. The molecule has 0 bridgehead atoms. The van der Waals surface area contributed by atoms with Crippen molar-refractivity contribution in [2.45, 2.75) is 19.4 Å². The summed E-state index contributed by atoms with van der Waals surface area (Å²) in [6.45, 7) is 2.72. The van der Waals surface area contributed by atoms with Crippen molar-refractivity contribution in [2.75, 3.05) is 13.7 Å². The van der Waals surface area contributed by atoms with Crippen LogP contribution < -0.4 is 5.48 Å². The van der Waals surface area contributed by atoms with Crippen molar-refractivity contribution < 1.29 is 14.4 Å². The molecular weight excluding hydrogens is 146 g/mol. The third kappa shape index (κ3) is 2.17. The van der Waals surface area contributed by atoms with E-state index in [9.17, 15) is 4.79 Å². The first-order chi connectivity index (χ1) is 5.24. The highest BCUT2D eigenvalue weighted by molar-refractivity contribution is 5.79. The zero-order valence-electron chi connectivity index (χ0n) is 6.79. The van der Waals surface area contributed by atoms with Crippen molar-refractivity contribution in [3.8, 4) is 0 Å². The van der Waals surface area contributed by atoms with E-state index in [1.807, 2.05) is 0 Å². The van der Waals surface area contributed by atoms with Crippen molar-refractivity contribution in [2.24, 2.45) is 5.92 Å². The standard InChI is InChI=1S/C7H13NO3/c1-5-3-6(11-4-5)7(9)8-10-2/h5-6H,3-4H2,1-2H3,(H,8,9)/t5?,6-/m1/s1. The van der Waals surface area contributed by atoms with Crippen LogP contribution >= 0.6 is 0 Å². The minimum atomic E-state index is -0.315. The second-order valence-electron chi connectivity index (χ2n) is 2.83. The van der Waals surface area contributed by atoms with Crippen molar-refractivity contribution in [1.29, 1.82) is 0 Å². The van der Waals surface area contributed by atoms with Gasteiger partial charge in [-0.15, -0.1) is 0 Å². The summed E-state index contributed by atoms with van der Waals surface area (Å²) in [5.41, 5.74) is 2.24. The summed E-state index contributed by atoms with van der Waals surface area (Å²) in [5, 5.41) is 0. The largest absolute Gasteiger partial charge is 0.368 e. The summed E-state index contributed by atoms with van der Waals surface area (Å²) in [4.78, 5) is 15.5. The molecule has 1 N–H and O–H groups in total. The summed E-state index contributed by atoms with van der Waals surface area (Å²) in [6, 6.07) is 0. The Morgan fingerprint density at radius 3 is 2.91 bits per heavy atom. The minimum Gasteiger partial charge on any atom is -0.368 e. The maximum Gasteiger partial charge on any atom is 0.272 e. The molecule has 1 saturated heterocycles. The fourth-order valence-corrected chi connectivity index (χ4v) is 1.13. The predicted molar refractivity (Wildman–Crippen MR) is 38.7 cm³/mol. The molecule has 64 valence electrons. The number of rotatable bonds is 2. The van der Waals surface area contributed by atoms with Crippen LogP contribution in [-0.4, -0.2) is 25.7 Å². The number of nitrogens with one attached hydrogen (secondary N) is 1. The molecule has 1 heterocycles. The van der Waals surface area contributed by atoms with Gasteiger partial charge in [0.25, 0.3) is 5.91 Å². The molecule has 0 spiro atoms. The lowest BCUT2D eigenvalue weighted by atomic mass is 10.1. The summed E-state index contributed by atoms with van der Waals surface area (Å²) < 4.78 is 5.19. The first-order valence-corrected chi connectivity index (χ1v) is 3.68. The Morgan fingerprint density at radius 1 is 1.73 bits per heavy atom. The van der Waals surface area contributed by atoms with Crippen LogP contribution in [0.2, 0.25) is 0 Å². The molecule has 1 unspecified atom stereocenters. The zero-order chi connectivity index (χ0) is 8.27. The van der Waals surface area contributed by atoms with Crippen LogP contribution in [0.4, 0.5) is 0 Å². The number of hydrogen-bond acceptors (Lipinski definition) is 3. The van der Waals surface area contributed by atoms with E-state index in [1.165, 1.54) is 7.11 Å². The lowest BCUT2D eigenvalue weighted by molar-refractivity contribution is -0.140. The van der Waals surface area contributed by atoms with E-state index >= 15 is 0 Å². The lowest BCUT2D eigenvalue weighted by Gasteiger charge is -2.07. The van der Waals surface area contributed by atoms with Gasteiger partial charge in [-0.3, -0.25) is 9.63 Å². The highest BCUT2D eigenvalue weighted by Crippen LogP contribution is 2.18. The third-order valence-electron chi connectivity index (χ3n) is 1.69. The van der Waals surface area contributed by atoms with Gasteiger partial charge in [0.1, 0.15) is 6.10 Å². The van der Waals surface area contributed by atoms with Gasteiger partial charge in [0.05, 0.1) is 13.7 Å². The third-order valence-corrected chi connectivity index (χ3v) is 1.69. The Kier molecular flexibility index (Phi) is 2.84. The molecule has 0 aromatic heterocycles. The lowest BCUT2D eigenvalue weighted by Crippen LogP contribution is -2.33. The fraction of sp³-hybridized carbons (Fsp3) is 0.857. The van der Waals surface area contributed by atoms with Gasteiger partial charge in [0.2, 0.25) is 0 Å². The Labute approximate surface area is 65.8 Å². The molecule has 1 rings (SSSR count). The smallest absolute Gasteiger partial charge is 0.272 e. The normalized spacial score (nSPS) is 30.4. The van der Waals surface area contributed by atoms with E-state index in [2.05, 4.69) is 17.2 Å². The molecule has 1 aliphatic rings. The second kappa shape index (κ2) is 3.69. The van der Waals surface area contributed by atoms with Gasteiger partial charge in [-0.2, -0.15) is 0 Å². The van der Waals surface area contributed by atoms with Crippen molar-refractivity contribution in [3.05, 3.63) is 0 Å². The van der Waals surface area contributed by atoms with Gasteiger partial charge < -0.3 is 4.74 Å². The molecule has 0 radical (unpaired) electrons. The number of carbonyl (C=O) groups is 1. The molecule has 1 aliphatic heterocycles. The minimum absolute atomic E-state index is 0.183. The van der Waals surface area contributed by atoms with Crippen LogP contribution in [0.1, 0.15) is 13.3 Å². The fourth-order valence-electron chi connectivity index (χ4n) is 1.13. The van der Waals surface area contributed by atoms with Crippen molar-refractivity contribution in [1.82, 2.24) is 5.48 Å². The Hall–Kier alpha value is -0.610. The first-order valence-electron chi connectivity index (χ1n) is 3.68. The maximum atomic E-state index is 11.0. The number of hydroxylamine groups is 1. The number of amides is 1. The van der Waals surface area contributed by atoms with E-state index in [0.29, 0.717) is 12.5 Å². The topological polar surface area (TPSA) is 47.6 Å². The molecule has 0 aliphatic carbocycles. The van der Waals surface area contributed by atoms with Gasteiger partial charge in [0, 0.05) is 0 Å². The first kappa shape index (κ1) is 8.49. The van der Waals surface area contributed by atoms with Gasteiger partial charge in [-0.25, -0.2) is 5.48 Å². The summed E-state index contributed by atoms with van der Waals surface area (Å²) >= 11 is 0. The molecule has 0 saturated carbocycles. The van der Waals surface area contributed by atoms with E-state index in [4.69, 9.17) is 4.74 Å². The van der Waals surface area contributed by atoms with Gasteiger partial charge >= 0.3 is 0 Å². The van der Waals surface area contributed by atoms with Crippen molar-refractivity contribution >= 4 is 5.91 Å². The zero-order valence-corrected chi connectivity index (χ0v) is 6.79. The number of hydrogen-bond donors (Lipinski definition) is 1. The average molecular weight is 159 g/mol. The molecule has 1 amide bonds. The van der Waals surface area contributed by atoms with E-state index in [0.717, 1.165) is 6.42 Å². The number of carbonyl (C=O) groups excluding carboxylic acids is 1. The summed E-state index contributed by atoms with van der Waals surface area (Å²) in [5.74, 6) is 0.291. The van der Waals surface area contributed by atoms with Crippen LogP contribution in [0.5, 0.6) is 0 Å². The molecule has 4 nitrogen and oxygen atoms in total. The molecule has 2 atom stereocenters. The van der Waals surface area contributed by atoms with Crippen LogP contribution in [0.3, 0.4) is 0 Å². The van der Waals surface area contributed by atoms with E-state index in [1.54, 1.807) is 0 Å². The predicted octanol–water partition coefficient (Wildman–Crippen LogP) is 0.0890. The average Bonchev–Trinajstić information content (AvgIpc) is 2.36. The molecule has 0 aromatic carbocycles. The molecule has 1 fully saturated rings. The molecular formula is C7H13NO3. The van der Waals surface area contributed by atoms with Gasteiger partial charge in [-0.1, -0.05) is 6.92 Å². The molecule has 11 heavy (non-hydrogen) atoms.